The van der Waals surface area contributed by atoms with Gasteiger partial charge in [-0.1, -0.05) is 25.5 Å². The van der Waals surface area contributed by atoms with Crippen LogP contribution in [0.1, 0.15) is 38.7 Å². The van der Waals surface area contributed by atoms with E-state index in [1.54, 1.807) is 0 Å². The SMILES string of the molecule is CCCCNC(=O)CCN(CC)c1cccc(C)c1. The Morgan fingerprint density at radius 2 is 2.11 bits per heavy atom. The van der Waals surface area contributed by atoms with E-state index in [2.05, 4.69) is 55.3 Å². The van der Waals surface area contributed by atoms with E-state index in [0.29, 0.717) is 6.42 Å². The number of amides is 1. The molecule has 3 nitrogen and oxygen atoms in total. The maximum absolute atomic E-state index is 11.7. The highest BCUT2D eigenvalue weighted by atomic mass is 16.1. The number of nitrogens with zero attached hydrogens (tertiary/aromatic N) is 1. The molecule has 1 aromatic rings. The van der Waals surface area contributed by atoms with Gasteiger partial charge in [0.2, 0.25) is 5.91 Å². The summed E-state index contributed by atoms with van der Waals surface area (Å²) in [4.78, 5) is 13.9. The molecule has 106 valence electrons. The summed E-state index contributed by atoms with van der Waals surface area (Å²) in [6.07, 6.45) is 2.73. The van der Waals surface area contributed by atoms with Crippen LogP contribution in [-0.4, -0.2) is 25.5 Å². The molecule has 1 aromatic carbocycles. The number of carbonyl (C=O) groups excluding carboxylic acids is 1. The molecule has 0 aliphatic heterocycles. The molecule has 1 amide bonds. The first kappa shape index (κ1) is 15.5. The molecule has 0 atom stereocenters. The summed E-state index contributed by atoms with van der Waals surface area (Å²) in [6, 6.07) is 8.42. The second-order valence-electron chi connectivity index (χ2n) is 4.87. The van der Waals surface area contributed by atoms with Crippen molar-refractivity contribution in [1.29, 1.82) is 0 Å². The number of carbonyl (C=O) groups is 1. The van der Waals surface area contributed by atoms with Crippen LogP contribution in [0, 0.1) is 6.92 Å². The third kappa shape index (κ3) is 5.77. The molecule has 0 radical (unpaired) electrons. The van der Waals surface area contributed by atoms with Crippen LogP contribution in [0.25, 0.3) is 0 Å². The first-order valence-corrected chi connectivity index (χ1v) is 7.25. The Morgan fingerprint density at radius 3 is 2.74 bits per heavy atom. The number of nitrogens with one attached hydrogen (secondary N) is 1. The normalized spacial score (nSPS) is 10.3. The molecule has 0 saturated carbocycles. The van der Waals surface area contributed by atoms with Crippen molar-refractivity contribution in [1.82, 2.24) is 5.32 Å². The van der Waals surface area contributed by atoms with Crippen molar-refractivity contribution in [2.45, 2.75) is 40.0 Å². The van der Waals surface area contributed by atoms with Crippen molar-refractivity contribution < 1.29 is 4.79 Å². The lowest BCUT2D eigenvalue weighted by Crippen LogP contribution is -2.31. The van der Waals surface area contributed by atoms with E-state index in [9.17, 15) is 4.79 Å². The lowest BCUT2D eigenvalue weighted by atomic mass is 10.2. The molecule has 1 rings (SSSR count). The van der Waals surface area contributed by atoms with E-state index < -0.39 is 0 Å². The Kier molecular flexibility index (Phi) is 7.01. The van der Waals surface area contributed by atoms with E-state index >= 15 is 0 Å². The van der Waals surface area contributed by atoms with Crippen molar-refractivity contribution in [3.05, 3.63) is 29.8 Å². The lowest BCUT2D eigenvalue weighted by Gasteiger charge is -2.23. The standard InChI is InChI=1S/C16H26N2O/c1-4-6-11-17-16(19)10-12-18(5-2)15-9-7-8-14(3)13-15/h7-9,13H,4-6,10-12H2,1-3H3,(H,17,19). The summed E-state index contributed by atoms with van der Waals surface area (Å²) < 4.78 is 0. The van der Waals surface area contributed by atoms with Crippen LogP contribution in [0.3, 0.4) is 0 Å². The Hall–Kier alpha value is -1.51. The first-order valence-electron chi connectivity index (χ1n) is 7.25. The average Bonchev–Trinajstić information content (AvgIpc) is 2.40. The minimum Gasteiger partial charge on any atom is -0.371 e. The number of anilines is 1. The third-order valence-electron chi connectivity index (χ3n) is 3.21. The van der Waals surface area contributed by atoms with Gasteiger partial charge in [0.05, 0.1) is 0 Å². The van der Waals surface area contributed by atoms with Gasteiger partial charge in [0.1, 0.15) is 0 Å². The van der Waals surface area contributed by atoms with E-state index in [0.717, 1.165) is 32.5 Å². The van der Waals surface area contributed by atoms with E-state index in [-0.39, 0.29) is 5.91 Å². The quantitative estimate of drug-likeness (QED) is 0.730. The van der Waals surface area contributed by atoms with Gasteiger partial charge < -0.3 is 10.2 Å². The monoisotopic (exact) mass is 262 g/mol. The van der Waals surface area contributed by atoms with E-state index in [1.807, 2.05) is 0 Å². The molecule has 0 unspecified atom stereocenters. The van der Waals surface area contributed by atoms with Gasteiger partial charge in [-0.15, -0.1) is 0 Å². The Balaban J connectivity index is 2.42. The second kappa shape index (κ2) is 8.57. The van der Waals surface area contributed by atoms with Gasteiger partial charge in [0.15, 0.2) is 0 Å². The number of unbranched alkanes of at least 4 members (excludes halogenated alkanes) is 1. The summed E-state index contributed by atoms with van der Waals surface area (Å²) in [5.74, 6) is 0.152. The van der Waals surface area contributed by atoms with Gasteiger partial charge in [-0.3, -0.25) is 4.79 Å². The molecule has 0 fully saturated rings. The zero-order chi connectivity index (χ0) is 14.1. The van der Waals surface area contributed by atoms with Crippen molar-refractivity contribution in [2.24, 2.45) is 0 Å². The molecule has 3 heteroatoms. The van der Waals surface area contributed by atoms with Gasteiger partial charge in [-0.05, 0) is 38.0 Å². The molecule has 0 saturated heterocycles. The number of benzene rings is 1. The summed E-state index contributed by atoms with van der Waals surface area (Å²) in [7, 11) is 0. The molecule has 0 aliphatic carbocycles. The van der Waals surface area contributed by atoms with Crippen molar-refractivity contribution in [3.63, 3.8) is 0 Å². The summed E-state index contributed by atoms with van der Waals surface area (Å²) in [5, 5.41) is 2.96. The van der Waals surface area contributed by atoms with Crippen molar-refractivity contribution in [3.8, 4) is 0 Å². The molecule has 0 bridgehead atoms. The number of aryl methyl sites for hydroxylation is 1. The summed E-state index contributed by atoms with van der Waals surface area (Å²) in [6.45, 7) is 8.84. The summed E-state index contributed by atoms with van der Waals surface area (Å²) >= 11 is 0. The van der Waals surface area contributed by atoms with Gasteiger partial charge >= 0.3 is 0 Å². The first-order chi connectivity index (χ1) is 9.17. The fourth-order valence-electron chi connectivity index (χ4n) is 2.02. The van der Waals surface area contributed by atoms with Crippen molar-refractivity contribution in [2.75, 3.05) is 24.5 Å². The largest absolute Gasteiger partial charge is 0.371 e. The fourth-order valence-corrected chi connectivity index (χ4v) is 2.02. The van der Waals surface area contributed by atoms with Crippen LogP contribution < -0.4 is 10.2 Å². The van der Waals surface area contributed by atoms with Crippen LogP contribution in [-0.2, 0) is 4.79 Å². The number of hydrogen-bond acceptors (Lipinski definition) is 2. The Bertz CT molecular complexity index is 390. The van der Waals surface area contributed by atoms with Crippen molar-refractivity contribution >= 4 is 11.6 Å². The molecule has 0 heterocycles. The third-order valence-corrected chi connectivity index (χ3v) is 3.21. The van der Waals surface area contributed by atoms with E-state index in [4.69, 9.17) is 0 Å². The van der Waals surface area contributed by atoms with Crippen LogP contribution in [0.2, 0.25) is 0 Å². The van der Waals surface area contributed by atoms with Crippen LogP contribution in [0.15, 0.2) is 24.3 Å². The lowest BCUT2D eigenvalue weighted by molar-refractivity contribution is -0.120. The zero-order valence-electron chi connectivity index (χ0n) is 12.4. The topological polar surface area (TPSA) is 32.3 Å². The van der Waals surface area contributed by atoms with Crippen LogP contribution in [0.4, 0.5) is 5.69 Å². The van der Waals surface area contributed by atoms with Gasteiger partial charge in [0.25, 0.3) is 0 Å². The predicted octanol–water partition coefficient (Wildman–Crippen LogP) is 3.13. The molecule has 1 N–H and O–H groups in total. The second-order valence-corrected chi connectivity index (χ2v) is 4.87. The molecular weight excluding hydrogens is 236 g/mol. The summed E-state index contributed by atoms with van der Waals surface area (Å²) in [5.41, 5.74) is 2.45. The molecule has 0 aromatic heterocycles. The number of hydrogen-bond donors (Lipinski definition) is 1. The maximum Gasteiger partial charge on any atom is 0.221 e. The number of rotatable bonds is 8. The van der Waals surface area contributed by atoms with E-state index in [1.165, 1.54) is 11.3 Å². The van der Waals surface area contributed by atoms with Gasteiger partial charge in [-0.2, -0.15) is 0 Å². The minimum atomic E-state index is 0.152. The predicted molar refractivity (Wildman–Crippen MR) is 81.6 cm³/mol. The highest BCUT2D eigenvalue weighted by molar-refractivity contribution is 5.76. The molecule has 19 heavy (non-hydrogen) atoms. The fraction of sp³-hybridized carbons (Fsp3) is 0.562. The molecular formula is C16H26N2O. The van der Waals surface area contributed by atoms with Gasteiger partial charge in [-0.25, -0.2) is 0 Å². The minimum absolute atomic E-state index is 0.152. The van der Waals surface area contributed by atoms with Crippen LogP contribution >= 0.6 is 0 Å². The highest BCUT2D eigenvalue weighted by Crippen LogP contribution is 2.15. The zero-order valence-corrected chi connectivity index (χ0v) is 12.4. The highest BCUT2D eigenvalue weighted by Gasteiger charge is 2.07. The Morgan fingerprint density at radius 1 is 1.32 bits per heavy atom. The Labute approximate surface area is 117 Å². The van der Waals surface area contributed by atoms with Crippen LogP contribution in [0.5, 0.6) is 0 Å². The molecule has 0 aliphatic rings. The molecule has 0 spiro atoms. The average molecular weight is 262 g/mol. The maximum atomic E-state index is 11.7. The van der Waals surface area contributed by atoms with Gasteiger partial charge in [0, 0.05) is 31.7 Å². The smallest absolute Gasteiger partial charge is 0.221 e.